The number of nitrogens with one attached hydrogen (secondary N) is 2. The highest BCUT2D eigenvalue weighted by Crippen LogP contribution is 2.24. The Kier molecular flexibility index (Phi) is 4.98. The molecule has 0 saturated carbocycles. The van der Waals surface area contributed by atoms with Crippen LogP contribution in [0.3, 0.4) is 0 Å². The van der Waals surface area contributed by atoms with E-state index in [2.05, 4.69) is 15.0 Å². The zero-order valence-electron chi connectivity index (χ0n) is 12.2. The third-order valence-corrected chi connectivity index (χ3v) is 4.10. The number of anilines is 1. The summed E-state index contributed by atoms with van der Waals surface area (Å²) in [6, 6.07) is 3.24. The van der Waals surface area contributed by atoms with Gasteiger partial charge in [0.15, 0.2) is 0 Å². The zero-order chi connectivity index (χ0) is 15.4. The molecular weight excluding hydrogens is 290 g/mol. The maximum absolute atomic E-state index is 12.3. The molecule has 1 amide bonds. The van der Waals surface area contributed by atoms with Crippen LogP contribution in [0.15, 0.2) is 22.8 Å². The molecule has 0 spiro atoms. The van der Waals surface area contributed by atoms with Gasteiger partial charge in [-0.2, -0.15) is 4.37 Å². The van der Waals surface area contributed by atoms with Crippen molar-refractivity contribution in [2.24, 2.45) is 0 Å². The van der Waals surface area contributed by atoms with E-state index in [1.807, 2.05) is 6.92 Å². The van der Waals surface area contributed by atoms with Crippen LogP contribution in [0.1, 0.15) is 41.3 Å². The number of hydrogen-bond donors (Lipinski definition) is 3. The third kappa shape index (κ3) is 3.62. The van der Waals surface area contributed by atoms with E-state index in [9.17, 15) is 9.90 Å². The van der Waals surface area contributed by atoms with Gasteiger partial charge in [0.25, 0.3) is 5.91 Å². The molecule has 0 fully saturated rings. The Morgan fingerprint density at radius 1 is 1.57 bits per heavy atom. The highest BCUT2D eigenvalue weighted by molar-refractivity contribution is 7.10. The number of aryl methyl sites for hydroxylation is 1. The number of nitrogens with zero attached hydrogens (tertiary/aromatic N) is 1. The second kappa shape index (κ2) is 6.73. The van der Waals surface area contributed by atoms with Crippen molar-refractivity contribution in [2.45, 2.75) is 32.4 Å². The molecule has 0 aliphatic rings. The van der Waals surface area contributed by atoms with Crippen LogP contribution in [0.5, 0.6) is 0 Å². The normalized spacial score (nSPS) is 13.7. The molecule has 2 rings (SSSR count). The lowest BCUT2D eigenvalue weighted by molar-refractivity contribution is 0.0903. The number of aliphatic hydroxyl groups is 1. The highest BCUT2D eigenvalue weighted by Gasteiger charge is 2.21. The molecule has 3 N–H and O–H groups in total. The number of hydrogen-bond acceptors (Lipinski definition) is 6. The van der Waals surface area contributed by atoms with Crippen LogP contribution in [-0.2, 0) is 0 Å². The van der Waals surface area contributed by atoms with Crippen LogP contribution in [0.25, 0.3) is 0 Å². The summed E-state index contributed by atoms with van der Waals surface area (Å²) < 4.78 is 9.32. The molecule has 0 aromatic carbocycles. The first kappa shape index (κ1) is 15.5. The molecule has 0 aliphatic carbocycles. The number of furan rings is 1. The Morgan fingerprint density at radius 2 is 2.33 bits per heavy atom. The minimum Gasteiger partial charge on any atom is -0.467 e. The van der Waals surface area contributed by atoms with Crippen LogP contribution < -0.4 is 10.6 Å². The van der Waals surface area contributed by atoms with E-state index in [1.165, 1.54) is 17.8 Å². The molecule has 114 valence electrons. The molecule has 0 radical (unpaired) electrons. The fraction of sp³-hybridized carbons (Fsp3) is 0.429. The monoisotopic (exact) mass is 309 g/mol. The first-order valence-corrected chi connectivity index (χ1v) is 7.46. The van der Waals surface area contributed by atoms with Crippen molar-refractivity contribution in [3.63, 3.8) is 0 Å². The molecule has 0 bridgehead atoms. The van der Waals surface area contributed by atoms with Gasteiger partial charge in [-0.1, -0.05) is 0 Å². The summed E-state index contributed by atoms with van der Waals surface area (Å²) in [6.45, 7) is 3.65. The van der Waals surface area contributed by atoms with Crippen molar-refractivity contribution in [3.05, 3.63) is 35.4 Å². The fourth-order valence-electron chi connectivity index (χ4n) is 2.09. The molecule has 2 aromatic heterocycles. The second-order valence-electron chi connectivity index (χ2n) is 4.86. The summed E-state index contributed by atoms with van der Waals surface area (Å²) in [6.07, 6.45) is 1.16. The van der Waals surface area contributed by atoms with E-state index in [1.54, 1.807) is 26.1 Å². The number of carbonyl (C=O) groups is 1. The van der Waals surface area contributed by atoms with Crippen molar-refractivity contribution in [3.8, 4) is 0 Å². The third-order valence-electron chi connectivity index (χ3n) is 3.14. The van der Waals surface area contributed by atoms with E-state index in [-0.39, 0.29) is 11.9 Å². The van der Waals surface area contributed by atoms with Gasteiger partial charge in [0.2, 0.25) is 0 Å². The lowest BCUT2D eigenvalue weighted by Gasteiger charge is -2.17. The summed E-state index contributed by atoms with van der Waals surface area (Å²) in [5, 5.41) is 16.6. The van der Waals surface area contributed by atoms with E-state index in [0.29, 0.717) is 23.4 Å². The lowest BCUT2D eigenvalue weighted by Crippen LogP contribution is -2.34. The quantitative estimate of drug-likeness (QED) is 0.762. The van der Waals surface area contributed by atoms with Crippen molar-refractivity contribution < 1.29 is 14.3 Å². The van der Waals surface area contributed by atoms with Crippen LogP contribution in [0.2, 0.25) is 0 Å². The Hall–Kier alpha value is -1.86. The Morgan fingerprint density at radius 3 is 2.95 bits per heavy atom. The van der Waals surface area contributed by atoms with E-state index in [0.717, 1.165) is 5.00 Å². The van der Waals surface area contributed by atoms with Crippen molar-refractivity contribution in [2.75, 3.05) is 12.4 Å². The SMILES string of the molecule is CNc1snc(C)c1C(=O)NC(C)CC(O)c1ccco1. The van der Waals surface area contributed by atoms with E-state index < -0.39 is 6.10 Å². The number of carbonyl (C=O) groups excluding carboxylic acids is 1. The maximum Gasteiger partial charge on any atom is 0.256 e. The molecular formula is C14H19N3O3S. The first-order chi connectivity index (χ1) is 10.0. The Balaban J connectivity index is 1.97. The average Bonchev–Trinajstić information content (AvgIpc) is 3.06. The minimum absolute atomic E-state index is 0.190. The maximum atomic E-state index is 12.3. The van der Waals surface area contributed by atoms with Crippen LogP contribution in [0.4, 0.5) is 5.00 Å². The molecule has 7 heteroatoms. The van der Waals surface area contributed by atoms with E-state index in [4.69, 9.17) is 4.42 Å². The molecule has 2 atom stereocenters. The van der Waals surface area contributed by atoms with Gasteiger partial charge in [-0.15, -0.1) is 0 Å². The molecule has 0 aliphatic heterocycles. The first-order valence-electron chi connectivity index (χ1n) is 6.69. The fourth-order valence-corrected chi connectivity index (χ4v) is 2.84. The van der Waals surface area contributed by atoms with Crippen molar-refractivity contribution in [1.82, 2.24) is 9.69 Å². The van der Waals surface area contributed by atoms with Gasteiger partial charge >= 0.3 is 0 Å². The highest BCUT2D eigenvalue weighted by atomic mass is 32.1. The smallest absolute Gasteiger partial charge is 0.256 e. The number of rotatable bonds is 6. The van der Waals surface area contributed by atoms with Crippen LogP contribution in [0, 0.1) is 6.92 Å². The van der Waals surface area contributed by atoms with Gasteiger partial charge in [0.1, 0.15) is 16.9 Å². The summed E-state index contributed by atoms with van der Waals surface area (Å²) in [5.74, 6) is 0.310. The summed E-state index contributed by atoms with van der Waals surface area (Å²) in [7, 11) is 1.76. The molecule has 2 aromatic rings. The molecule has 2 unspecified atom stereocenters. The number of aromatic nitrogens is 1. The molecule has 6 nitrogen and oxygen atoms in total. The lowest BCUT2D eigenvalue weighted by atomic mass is 10.1. The van der Waals surface area contributed by atoms with Crippen molar-refractivity contribution >= 4 is 22.4 Å². The predicted octanol–water partition coefficient (Wildman–Crippen LogP) is 2.33. The molecule has 2 heterocycles. The van der Waals surface area contributed by atoms with Crippen molar-refractivity contribution in [1.29, 1.82) is 0 Å². The summed E-state index contributed by atoms with van der Waals surface area (Å²) in [4.78, 5) is 12.3. The minimum atomic E-state index is -0.735. The van der Waals surface area contributed by atoms with Crippen LogP contribution in [-0.4, -0.2) is 28.5 Å². The zero-order valence-corrected chi connectivity index (χ0v) is 13.0. The van der Waals surface area contributed by atoms with Gasteiger partial charge in [0.05, 0.1) is 17.5 Å². The van der Waals surface area contributed by atoms with E-state index >= 15 is 0 Å². The Labute approximate surface area is 127 Å². The largest absolute Gasteiger partial charge is 0.467 e. The topological polar surface area (TPSA) is 87.4 Å². The van der Waals surface area contributed by atoms with Gasteiger partial charge in [-0.05, 0) is 37.5 Å². The molecule has 21 heavy (non-hydrogen) atoms. The van der Waals surface area contributed by atoms with Gasteiger partial charge in [-0.3, -0.25) is 4.79 Å². The number of amides is 1. The standard InChI is InChI=1S/C14H19N3O3S/c1-8(7-10(18)11-5-4-6-20-11)16-13(19)12-9(2)17-21-14(12)15-3/h4-6,8,10,15,18H,7H2,1-3H3,(H,16,19). The second-order valence-corrected chi connectivity index (χ2v) is 5.64. The predicted molar refractivity (Wildman–Crippen MR) is 81.6 cm³/mol. The molecule has 0 saturated heterocycles. The average molecular weight is 309 g/mol. The number of aliphatic hydroxyl groups excluding tert-OH is 1. The van der Waals surface area contributed by atoms with Crippen LogP contribution >= 0.6 is 11.5 Å². The van der Waals surface area contributed by atoms with Gasteiger partial charge in [0, 0.05) is 19.5 Å². The summed E-state index contributed by atoms with van der Waals surface area (Å²) in [5.41, 5.74) is 1.25. The Bertz CT molecular complexity index is 595. The van der Waals surface area contributed by atoms with Gasteiger partial charge < -0.3 is 20.2 Å². The summed E-state index contributed by atoms with van der Waals surface area (Å²) >= 11 is 1.26. The van der Waals surface area contributed by atoms with Gasteiger partial charge in [-0.25, -0.2) is 0 Å².